The first-order valence-electron chi connectivity index (χ1n) is 8.11. The molecule has 0 spiro atoms. The van der Waals surface area contributed by atoms with Crippen LogP contribution in [0.25, 0.3) is 0 Å². The first-order valence-corrected chi connectivity index (χ1v) is 8.49. The minimum atomic E-state index is -0.299. The summed E-state index contributed by atoms with van der Waals surface area (Å²) in [5, 5.41) is 6.12. The minimum absolute atomic E-state index is 0.299. The third-order valence-corrected chi connectivity index (χ3v) is 3.78. The zero-order valence-corrected chi connectivity index (χ0v) is 14.7. The van der Waals surface area contributed by atoms with Crippen LogP contribution in [-0.4, -0.2) is 11.0 Å². The highest BCUT2D eigenvalue weighted by atomic mass is 35.5. The van der Waals surface area contributed by atoms with Gasteiger partial charge in [0, 0.05) is 23.5 Å². The molecule has 6 heteroatoms. The number of carbonyl (C=O) groups excluding carboxylic acids is 1. The summed E-state index contributed by atoms with van der Waals surface area (Å²) in [5.74, 6) is 0.727. The summed E-state index contributed by atoms with van der Waals surface area (Å²) < 4.78 is 5.74. The molecule has 5 nitrogen and oxygen atoms in total. The van der Waals surface area contributed by atoms with Gasteiger partial charge in [0.25, 0.3) is 0 Å². The van der Waals surface area contributed by atoms with Crippen LogP contribution in [0.3, 0.4) is 0 Å². The molecule has 0 saturated carbocycles. The van der Waals surface area contributed by atoms with Crippen molar-refractivity contribution < 1.29 is 9.53 Å². The number of halogens is 1. The number of aromatic nitrogens is 1. The predicted octanol–water partition coefficient (Wildman–Crippen LogP) is 4.64. The van der Waals surface area contributed by atoms with Gasteiger partial charge in [-0.05, 0) is 48.0 Å². The SMILES string of the molecule is O=C(NCc1cccc(OCc2ccccn2)c1)Nc1cccc(Cl)c1. The standard InChI is InChI=1S/C20H18ClN3O2/c21-16-6-4-8-17(12-16)24-20(25)23-13-15-5-3-9-19(11-15)26-14-18-7-1-2-10-22-18/h1-12H,13-14H2,(H2,23,24,25). The normalized spacial score (nSPS) is 10.2. The van der Waals surface area contributed by atoms with E-state index in [-0.39, 0.29) is 6.03 Å². The molecule has 0 aliphatic heterocycles. The van der Waals surface area contributed by atoms with Crippen molar-refractivity contribution in [2.24, 2.45) is 0 Å². The lowest BCUT2D eigenvalue weighted by molar-refractivity contribution is 0.251. The second-order valence-corrected chi connectivity index (χ2v) is 6.01. The van der Waals surface area contributed by atoms with E-state index in [0.717, 1.165) is 17.0 Å². The number of ether oxygens (including phenoxy) is 1. The molecule has 0 atom stereocenters. The summed E-state index contributed by atoms with van der Waals surface area (Å²) >= 11 is 5.90. The molecule has 0 unspecified atom stereocenters. The van der Waals surface area contributed by atoms with Crippen molar-refractivity contribution in [2.75, 3.05) is 5.32 Å². The molecule has 0 aliphatic carbocycles. The van der Waals surface area contributed by atoms with Gasteiger partial charge < -0.3 is 15.4 Å². The Bertz CT molecular complexity index is 872. The Hall–Kier alpha value is -3.05. The van der Waals surface area contributed by atoms with E-state index in [4.69, 9.17) is 16.3 Å². The van der Waals surface area contributed by atoms with Gasteiger partial charge in [0.15, 0.2) is 0 Å². The van der Waals surface area contributed by atoms with Crippen molar-refractivity contribution >= 4 is 23.3 Å². The molecule has 132 valence electrons. The number of nitrogens with one attached hydrogen (secondary N) is 2. The number of carbonyl (C=O) groups is 1. The molecule has 2 amide bonds. The number of hydrogen-bond donors (Lipinski definition) is 2. The van der Waals surface area contributed by atoms with E-state index in [0.29, 0.717) is 23.9 Å². The van der Waals surface area contributed by atoms with Gasteiger partial charge in [0.1, 0.15) is 12.4 Å². The minimum Gasteiger partial charge on any atom is -0.487 e. The molecule has 0 saturated heterocycles. The lowest BCUT2D eigenvalue weighted by Gasteiger charge is -2.10. The van der Waals surface area contributed by atoms with Crippen LogP contribution < -0.4 is 15.4 Å². The van der Waals surface area contributed by atoms with Gasteiger partial charge in [-0.15, -0.1) is 0 Å². The van der Waals surface area contributed by atoms with Crippen LogP contribution >= 0.6 is 11.6 Å². The van der Waals surface area contributed by atoms with Crippen molar-refractivity contribution in [3.63, 3.8) is 0 Å². The smallest absolute Gasteiger partial charge is 0.319 e. The first kappa shape index (κ1) is 17.8. The number of nitrogens with zero attached hydrogens (tertiary/aromatic N) is 1. The van der Waals surface area contributed by atoms with E-state index in [2.05, 4.69) is 15.6 Å². The number of amides is 2. The summed E-state index contributed by atoms with van der Waals surface area (Å²) in [6.45, 7) is 0.778. The van der Waals surface area contributed by atoms with Crippen LogP contribution in [0.5, 0.6) is 5.75 Å². The van der Waals surface area contributed by atoms with Gasteiger partial charge in [0.05, 0.1) is 5.69 Å². The Kier molecular flexibility index (Phi) is 6.06. The monoisotopic (exact) mass is 367 g/mol. The predicted molar refractivity (Wildman–Crippen MR) is 102 cm³/mol. The second kappa shape index (κ2) is 8.87. The van der Waals surface area contributed by atoms with E-state index < -0.39 is 0 Å². The fourth-order valence-electron chi connectivity index (χ4n) is 2.31. The number of rotatable bonds is 6. The van der Waals surface area contributed by atoms with Gasteiger partial charge in [-0.25, -0.2) is 4.79 Å². The molecular formula is C20H18ClN3O2. The van der Waals surface area contributed by atoms with E-state index in [1.54, 1.807) is 30.5 Å². The van der Waals surface area contributed by atoms with E-state index in [9.17, 15) is 4.79 Å². The third-order valence-electron chi connectivity index (χ3n) is 3.55. The third kappa shape index (κ3) is 5.50. The second-order valence-electron chi connectivity index (χ2n) is 5.58. The van der Waals surface area contributed by atoms with E-state index in [1.807, 2.05) is 42.5 Å². The van der Waals surface area contributed by atoms with E-state index in [1.165, 1.54) is 0 Å². The Balaban J connectivity index is 1.51. The highest BCUT2D eigenvalue weighted by Gasteiger charge is 2.04. The summed E-state index contributed by atoms with van der Waals surface area (Å²) in [5.41, 5.74) is 2.43. The number of hydrogen-bond acceptors (Lipinski definition) is 3. The lowest BCUT2D eigenvalue weighted by Crippen LogP contribution is -2.28. The Morgan fingerprint density at radius 2 is 1.92 bits per heavy atom. The molecule has 2 N–H and O–H groups in total. The quantitative estimate of drug-likeness (QED) is 0.667. The molecule has 0 fully saturated rings. The van der Waals surface area contributed by atoms with Crippen LogP contribution in [-0.2, 0) is 13.2 Å². The molecule has 3 aromatic rings. The van der Waals surface area contributed by atoms with Crippen LogP contribution in [0, 0.1) is 0 Å². The van der Waals surface area contributed by atoms with Gasteiger partial charge in [-0.2, -0.15) is 0 Å². The molecule has 0 bridgehead atoms. The fourth-order valence-corrected chi connectivity index (χ4v) is 2.50. The highest BCUT2D eigenvalue weighted by Crippen LogP contribution is 2.16. The molecule has 0 aliphatic rings. The van der Waals surface area contributed by atoms with Crippen molar-refractivity contribution in [3.8, 4) is 5.75 Å². The molecule has 2 aromatic carbocycles. The maximum Gasteiger partial charge on any atom is 0.319 e. The topological polar surface area (TPSA) is 63.2 Å². The van der Waals surface area contributed by atoms with Crippen LogP contribution in [0.15, 0.2) is 72.9 Å². The highest BCUT2D eigenvalue weighted by molar-refractivity contribution is 6.30. The van der Waals surface area contributed by atoms with Gasteiger partial charge in [0.2, 0.25) is 0 Å². The molecule has 0 radical (unpaired) electrons. The van der Waals surface area contributed by atoms with Crippen molar-refractivity contribution in [3.05, 3.63) is 89.2 Å². The van der Waals surface area contributed by atoms with Gasteiger partial charge >= 0.3 is 6.03 Å². The molecule has 1 aromatic heterocycles. The Morgan fingerprint density at radius 1 is 1.04 bits per heavy atom. The maximum absolute atomic E-state index is 12.0. The largest absolute Gasteiger partial charge is 0.487 e. The Morgan fingerprint density at radius 3 is 2.73 bits per heavy atom. The number of urea groups is 1. The summed E-state index contributed by atoms with van der Waals surface area (Å²) in [6.07, 6.45) is 1.73. The first-order chi connectivity index (χ1) is 12.7. The van der Waals surface area contributed by atoms with Gasteiger partial charge in [-0.3, -0.25) is 4.98 Å². The number of benzene rings is 2. The molecule has 1 heterocycles. The van der Waals surface area contributed by atoms with Crippen LogP contribution in [0.2, 0.25) is 5.02 Å². The van der Waals surface area contributed by atoms with Crippen LogP contribution in [0.1, 0.15) is 11.3 Å². The summed E-state index contributed by atoms with van der Waals surface area (Å²) in [6, 6.07) is 20.0. The maximum atomic E-state index is 12.0. The van der Waals surface area contributed by atoms with Crippen molar-refractivity contribution in [1.82, 2.24) is 10.3 Å². The molecule has 26 heavy (non-hydrogen) atoms. The van der Waals surface area contributed by atoms with Gasteiger partial charge in [-0.1, -0.05) is 35.9 Å². The average molecular weight is 368 g/mol. The molecular weight excluding hydrogens is 350 g/mol. The Labute approximate surface area is 157 Å². The fraction of sp³-hybridized carbons (Fsp3) is 0.100. The van der Waals surface area contributed by atoms with Crippen molar-refractivity contribution in [2.45, 2.75) is 13.2 Å². The zero-order chi connectivity index (χ0) is 18.2. The van der Waals surface area contributed by atoms with Crippen LogP contribution in [0.4, 0.5) is 10.5 Å². The summed E-state index contributed by atoms with van der Waals surface area (Å²) in [7, 11) is 0. The van der Waals surface area contributed by atoms with E-state index >= 15 is 0 Å². The lowest BCUT2D eigenvalue weighted by atomic mass is 10.2. The summed E-state index contributed by atoms with van der Waals surface area (Å²) in [4.78, 5) is 16.2. The zero-order valence-electron chi connectivity index (χ0n) is 14.0. The average Bonchev–Trinajstić information content (AvgIpc) is 2.66. The number of anilines is 1. The number of pyridine rings is 1. The van der Waals surface area contributed by atoms with Crippen molar-refractivity contribution in [1.29, 1.82) is 0 Å². The molecule has 3 rings (SSSR count).